The van der Waals surface area contributed by atoms with Gasteiger partial charge in [0.25, 0.3) is 0 Å². The summed E-state index contributed by atoms with van der Waals surface area (Å²) in [5.41, 5.74) is 1.52. The van der Waals surface area contributed by atoms with Crippen LogP contribution in [-0.2, 0) is 13.0 Å². The van der Waals surface area contributed by atoms with Crippen molar-refractivity contribution in [2.45, 2.75) is 51.7 Å². The molecule has 2 aliphatic rings. The van der Waals surface area contributed by atoms with Gasteiger partial charge in [0.15, 0.2) is 5.96 Å². The van der Waals surface area contributed by atoms with E-state index in [0.29, 0.717) is 12.1 Å². The molecule has 1 aliphatic carbocycles. The first-order chi connectivity index (χ1) is 10.3. The fraction of sp³-hybridized carbons (Fsp3) is 0.688. The number of rotatable bonds is 5. The van der Waals surface area contributed by atoms with Gasteiger partial charge in [-0.05, 0) is 50.1 Å². The van der Waals surface area contributed by atoms with Crippen LogP contribution < -0.4 is 10.6 Å². The fourth-order valence-corrected chi connectivity index (χ4v) is 3.62. The second kappa shape index (κ2) is 6.79. The third-order valence-corrected chi connectivity index (χ3v) is 5.26. The lowest BCUT2D eigenvalue weighted by atomic mass is 10.1. The zero-order valence-corrected chi connectivity index (χ0v) is 13.9. The third-order valence-electron chi connectivity index (χ3n) is 4.24. The van der Waals surface area contributed by atoms with Crippen LogP contribution in [0.3, 0.4) is 0 Å². The number of hydrogen-bond acceptors (Lipinski definition) is 3. The lowest BCUT2D eigenvalue weighted by Gasteiger charge is -2.31. The van der Waals surface area contributed by atoms with E-state index in [4.69, 9.17) is 4.99 Å². The molecule has 3 rings (SSSR count). The Morgan fingerprint density at radius 2 is 2.38 bits per heavy atom. The molecule has 5 heteroatoms. The van der Waals surface area contributed by atoms with E-state index in [0.717, 1.165) is 32.1 Å². The van der Waals surface area contributed by atoms with Gasteiger partial charge in [0.05, 0.1) is 6.54 Å². The lowest BCUT2D eigenvalue weighted by molar-refractivity contribution is 0.197. The van der Waals surface area contributed by atoms with Gasteiger partial charge in [-0.3, -0.25) is 9.89 Å². The molecule has 0 saturated heterocycles. The van der Waals surface area contributed by atoms with Crippen LogP contribution in [0.5, 0.6) is 0 Å². The van der Waals surface area contributed by atoms with Gasteiger partial charge in [-0.1, -0.05) is 0 Å². The van der Waals surface area contributed by atoms with Crippen LogP contribution in [0.2, 0.25) is 0 Å². The molecule has 1 aromatic rings. The first kappa shape index (κ1) is 14.9. The summed E-state index contributed by atoms with van der Waals surface area (Å²) in [6.07, 6.45) is 3.77. The normalized spacial score (nSPS) is 21.0. The van der Waals surface area contributed by atoms with Crippen molar-refractivity contribution < 1.29 is 0 Å². The molecular formula is C16H26N4S. The topological polar surface area (TPSA) is 39.7 Å². The summed E-state index contributed by atoms with van der Waals surface area (Å²) >= 11 is 1.90. The van der Waals surface area contributed by atoms with Gasteiger partial charge in [-0.2, -0.15) is 0 Å². The Morgan fingerprint density at radius 3 is 3.14 bits per heavy atom. The van der Waals surface area contributed by atoms with Gasteiger partial charge in [-0.15, -0.1) is 11.3 Å². The van der Waals surface area contributed by atoms with Crippen molar-refractivity contribution in [1.29, 1.82) is 0 Å². The van der Waals surface area contributed by atoms with E-state index >= 15 is 0 Å². The summed E-state index contributed by atoms with van der Waals surface area (Å²) < 4.78 is 0. The highest BCUT2D eigenvalue weighted by Gasteiger charge is 2.23. The number of thiophene rings is 1. The van der Waals surface area contributed by atoms with Gasteiger partial charge in [0.1, 0.15) is 0 Å². The van der Waals surface area contributed by atoms with Crippen molar-refractivity contribution in [3.8, 4) is 0 Å². The molecule has 1 aromatic heterocycles. The predicted molar refractivity (Wildman–Crippen MR) is 90.0 cm³/mol. The number of fused-ring (bicyclic) bond motifs is 1. The molecule has 21 heavy (non-hydrogen) atoms. The molecule has 1 aliphatic heterocycles. The molecular weight excluding hydrogens is 280 g/mol. The van der Waals surface area contributed by atoms with Gasteiger partial charge >= 0.3 is 0 Å². The molecule has 4 nitrogen and oxygen atoms in total. The summed E-state index contributed by atoms with van der Waals surface area (Å²) in [6, 6.07) is 3.43. The Balaban J connectivity index is 1.54. The molecule has 0 bridgehead atoms. The molecule has 1 atom stereocenters. The van der Waals surface area contributed by atoms with Crippen molar-refractivity contribution in [3.63, 3.8) is 0 Å². The van der Waals surface area contributed by atoms with E-state index in [9.17, 15) is 0 Å². The summed E-state index contributed by atoms with van der Waals surface area (Å²) in [5.74, 6) is 0.986. The molecule has 2 heterocycles. The number of nitrogens with one attached hydrogen (secondary N) is 2. The molecule has 0 radical (unpaired) electrons. The van der Waals surface area contributed by atoms with Gasteiger partial charge < -0.3 is 10.6 Å². The molecule has 1 unspecified atom stereocenters. The highest BCUT2D eigenvalue weighted by molar-refractivity contribution is 7.10. The SMILES string of the molecule is CCNC(=NCC(C)N1CCc2sccc2C1)NC1CC1. The van der Waals surface area contributed by atoms with Crippen LogP contribution in [0.4, 0.5) is 0 Å². The smallest absolute Gasteiger partial charge is 0.191 e. The molecule has 1 fully saturated rings. The Bertz CT molecular complexity index is 492. The average molecular weight is 306 g/mol. The molecule has 0 amide bonds. The van der Waals surface area contributed by atoms with Crippen molar-refractivity contribution in [2.24, 2.45) is 4.99 Å². The number of nitrogens with zero attached hydrogens (tertiary/aromatic N) is 2. The standard InChI is InChI=1S/C16H26N4S/c1-3-17-16(19-14-4-5-14)18-10-12(2)20-8-6-15-13(11-20)7-9-21-15/h7,9,12,14H,3-6,8,10-11H2,1-2H3,(H2,17,18,19). The number of aliphatic imine (C=N–C) groups is 1. The van der Waals surface area contributed by atoms with Gasteiger partial charge in [-0.25, -0.2) is 0 Å². The highest BCUT2D eigenvalue weighted by atomic mass is 32.1. The Kier molecular flexibility index (Phi) is 4.80. The van der Waals surface area contributed by atoms with Crippen LogP contribution in [0, 0.1) is 0 Å². The summed E-state index contributed by atoms with van der Waals surface area (Å²) in [5, 5.41) is 9.05. The molecule has 1 saturated carbocycles. The predicted octanol–water partition coefficient (Wildman–Crippen LogP) is 2.21. The Hall–Kier alpha value is -1.07. The monoisotopic (exact) mass is 306 g/mol. The minimum Gasteiger partial charge on any atom is -0.357 e. The van der Waals surface area contributed by atoms with Crippen molar-refractivity contribution in [2.75, 3.05) is 19.6 Å². The molecule has 0 aromatic carbocycles. The van der Waals surface area contributed by atoms with Crippen LogP contribution in [-0.4, -0.2) is 42.6 Å². The first-order valence-electron chi connectivity index (χ1n) is 8.10. The zero-order chi connectivity index (χ0) is 14.7. The second-order valence-corrected chi connectivity index (χ2v) is 7.08. The minimum atomic E-state index is 0.493. The quantitative estimate of drug-likeness (QED) is 0.647. The van der Waals surface area contributed by atoms with E-state index in [1.54, 1.807) is 4.88 Å². The van der Waals surface area contributed by atoms with Crippen LogP contribution >= 0.6 is 11.3 Å². The number of guanidine groups is 1. The van der Waals surface area contributed by atoms with E-state index in [-0.39, 0.29) is 0 Å². The first-order valence-corrected chi connectivity index (χ1v) is 8.98. The van der Waals surface area contributed by atoms with E-state index in [1.807, 2.05) is 11.3 Å². The molecule has 0 spiro atoms. The summed E-state index contributed by atoms with van der Waals surface area (Å²) in [7, 11) is 0. The fourth-order valence-electron chi connectivity index (χ4n) is 2.73. The highest BCUT2D eigenvalue weighted by Crippen LogP contribution is 2.25. The van der Waals surface area contributed by atoms with Crippen molar-refractivity contribution in [3.05, 3.63) is 21.9 Å². The van der Waals surface area contributed by atoms with Crippen molar-refractivity contribution in [1.82, 2.24) is 15.5 Å². The van der Waals surface area contributed by atoms with Crippen LogP contribution in [0.1, 0.15) is 37.1 Å². The van der Waals surface area contributed by atoms with E-state index < -0.39 is 0 Å². The minimum absolute atomic E-state index is 0.493. The average Bonchev–Trinajstić information content (AvgIpc) is 3.18. The Labute approximate surface area is 131 Å². The molecule has 2 N–H and O–H groups in total. The van der Waals surface area contributed by atoms with Crippen LogP contribution in [0.15, 0.2) is 16.4 Å². The maximum atomic E-state index is 4.77. The number of hydrogen-bond donors (Lipinski definition) is 2. The maximum Gasteiger partial charge on any atom is 0.191 e. The van der Waals surface area contributed by atoms with Gasteiger partial charge in [0, 0.05) is 36.6 Å². The summed E-state index contributed by atoms with van der Waals surface area (Å²) in [4.78, 5) is 8.90. The Morgan fingerprint density at radius 1 is 1.52 bits per heavy atom. The third kappa shape index (κ3) is 3.98. The maximum absolute atomic E-state index is 4.77. The second-order valence-electron chi connectivity index (χ2n) is 6.08. The van der Waals surface area contributed by atoms with Gasteiger partial charge in [0.2, 0.25) is 0 Å². The van der Waals surface area contributed by atoms with Crippen molar-refractivity contribution >= 4 is 17.3 Å². The zero-order valence-electron chi connectivity index (χ0n) is 13.1. The lowest BCUT2D eigenvalue weighted by Crippen LogP contribution is -2.42. The van der Waals surface area contributed by atoms with E-state index in [1.165, 1.54) is 24.8 Å². The summed E-state index contributed by atoms with van der Waals surface area (Å²) in [6.45, 7) is 8.45. The van der Waals surface area contributed by atoms with E-state index in [2.05, 4.69) is 40.8 Å². The molecule has 116 valence electrons. The largest absolute Gasteiger partial charge is 0.357 e. The van der Waals surface area contributed by atoms with Crippen LogP contribution in [0.25, 0.3) is 0 Å².